The molecule has 2 atom stereocenters. The zero-order chi connectivity index (χ0) is 12.6. The Morgan fingerprint density at radius 1 is 1.22 bits per heavy atom. The Bertz CT molecular complexity index is 406. The van der Waals surface area contributed by atoms with E-state index in [1.165, 1.54) is 37.7 Å². The minimum absolute atomic E-state index is 0.0756. The van der Waals surface area contributed by atoms with Crippen LogP contribution in [0.3, 0.4) is 0 Å². The van der Waals surface area contributed by atoms with Crippen LogP contribution in [0.15, 0.2) is 24.3 Å². The van der Waals surface area contributed by atoms with Crippen molar-refractivity contribution in [1.29, 1.82) is 0 Å². The highest BCUT2D eigenvalue weighted by atomic mass is 16.5. The van der Waals surface area contributed by atoms with Crippen LogP contribution in [0.2, 0.25) is 0 Å². The molecule has 2 saturated carbocycles. The molecule has 0 aliphatic heterocycles. The van der Waals surface area contributed by atoms with Crippen molar-refractivity contribution in [1.82, 2.24) is 0 Å². The molecular weight excluding hydrogens is 224 g/mol. The number of aliphatic hydroxyl groups excluding tert-OH is 1. The van der Waals surface area contributed by atoms with Gasteiger partial charge in [0.05, 0.1) is 13.2 Å². The molecule has 0 bridgehead atoms. The van der Waals surface area contributed by atoms with Crippen LogP contribution in [0, 0.1) is 11.3 Å². The van der Waals surface area contributed by atoms with E-state index in [1.54, 1.807) is 7.11 Å². The highest BCUT2D eigenvalue weighted by molar-refractivity contribution is 5.27. The van der Waals surface area contributed by atoms with Crippen molar-refractivity contribution in [3.05, 3.63) is 29.8 Å². The summed E-state index contributed by atoms with van der Waals surface area (Å²) in [6, 6.07) is 8.27. The van der Waals surface area contributed by atoms with Gasteiger partial charge in [-0.25, -0.2) is 0 Å². The van der Waals surface area contributed by atoms with Crippen LogP contribution in [0.25, 0.3) is 0 Å². The molecule has 0 heterocycles. The number of ether oxygens (including phenoxy) is 1. The summed E-state index contributed by atoms with van der Waals surface area (Å²) in [7, 11) is 1.69. The smallest absolute Gasteiger partial charge is 0.118 e. The van der Waals surface area contributed by atoms with Crippen molar-refractivity contribution in [2.24, 2.45) is 11.3 Å². The van der Waals surface area contributed by atoms with Gasteiger partial charge in [-0.1, -0.05) is 18.6 Å². The van der Waals surface area contributed by atoms with Crippen LogP contribution in [0.4, 0.5) is 0 Å². The Hall–Kier alpha value is -1.02. The second-order valence-electron chi connectivity index (χ2n) is 6.01. The monoisotopic (exact) mass is 246 g/mol. The van der Waals surface area contributed by atoms with E-state index < -0.39 is 0 Å². The molecule has 1 N–H and O–H groups in total. The molecule has 0 unspecified atom stereocenters. The van der Waals surface area contributed by atoms with Crippen molar-refractivity contribution >= 4 is 0 Å². The lowest BCUT2D eigenvalue weighted by atomic mass is 9.74. The van der Waals surface area contributed by atoms with E-state index in [0.717, 1.165) is 12.2 Å². The van der Waals surface area contributed by atoms with Crippen LogP contribution < -0.4 is 4.74 Å². The van der Waals surface area contributed by atoms with Crippen molar-refractivity contribution in [3.8, 4) is 5.75 Å². The van der Waals surface area contributed by atoms with Crippen LogP contribution in [0.1, 0.15) is 37.7 Å². The van der Waals surface area contributed by atoms with E-state index in [2.05, 4.69) is 12.1 Å². The molecule has 3 rings (SSSR count). The fourth-order valence-corrected chi connectivity index (χ4v) is 3.51. The molecule has 0 radical (unpaired) electrons. The number of benzene rings is 1. The van der Waals surface area contributed by atoms with Gasteiger partial charge in [-0.2, -0.15) is 0 Å². The third kappa shape index (κ3) is 2.14. The van der Waals surface area contributed by atoms with Gasteiger partial charge < -0.3 is 9.84 Å². The van der Waals surface area contributed by atoms with Gasteiger partial charge in [0.15, 0.2) is 0 Å². The van der Waals surface area contributed by atoms with E-state index >= 15 is 0 Å². The number of methoxy groups -OCH3 is 1. The summed E-state index contributed by atoms with van der Waals surface area (Å²) in [5.41, 5.74) is 1.63. The predicted molar refractivity (Wildman–Crippen MR) is 71.7 cm³/mol. The van der Waals surface area contributed by atoms with Crippen LogP contribution in [0.5, 0.6) is 5.75 Å². The van der Waals surface area contributed by atoms with Gasteiger partial charge in [0.2, 0.25) is 0 Å². The SMILES string of the molecule is COc1ccc(C[C@H]2CCCC3(CC3)[C@H]2O)cc1. The van der Waals surface area contributed by atoms with E-state index in [-0.39, 0.29) is 6.10 Å². The van der Waals surface area contributed by atoms with E-state index in [4.69, 9.17) is 4.74 Å². The van der Waals surface area contributed by atoms with Crippen molar-refractivity contribution in [2.45, 2.75) is 44.6 Å². The van der Waals surface area contributed by atoms with E-state index in [9.17, 15) is 5.11 Å². The summed E-state index contributed by atoms with van der Waals surface area (Å²) in [6.07, 6.45) is 7.13. The van der Waals surface area contributed by atoms with Gasteiger partial charge >= 0.3 is 0 Å². The van der Waals surface area contributed by atoms with Crippen LogP contribution in [-0.4, -0.2) is 18.3 Å². The molecule has 0 saturated heterocycles. The Kier molecular flexibility index (Phi) is 3.06. The number of rotatable bonds is 3. The van der Waals surface area contributed by atoms with E-state index in [1.807, 2.05) is 12.1 Å². The van der Waals surface area contributed by atoms with Crippen molar-refractivity contribution in [3.63, 3.8) is 0 Å². The molecule has 1 aromatic carbocycles. The molecule has 0 aromatic heterocycles. The quantitative estimate of drug-likeness (QED) is 0.887. The van der Waals surface area contributed by atoms with Crippen molar-refractivity contribution < 1.29 is 9.84 Å². The largest absolute Gasteiger partial charge is 0.497 e. The minimum Gasteiger partial charge on any atom is -0.497 e. The predicted octanol–water partition coefficient (Wildman–Crippen LogP) is 3.18. The maximum Gasteiger partial charge on any atom is 0.118 e. The standard InChI is InChI=1S/C16H22O2/c1-18-14-6-4-12(5-7-14)11-13-3-2-8-16(9-10-16)15(13)17/h4-7,13,15,17H,2-3,8-11H2,1H3/t13-,15+/m1/s1. The molecule has 2 aliphatic rings. The highest BCUT2D eigenvalue weighted by Gasteiger charge is 2.52. The third-order valence-electron chi connectivity index (χ3n) is 4.87. The molecule has 2 heteroatoms. The molecule has 1 aromatic rings. The van der Waals surface area contributed by atoms with Gasteiger partial charge in [-0.3, -0.25) is 0 Å². The molecule has 2 aliphatic carbocycles. The summed E-state index contributed by atoms with van der Waals surface area (Å²) in [4.78, 5) is 0. The summed E-state index contributed by atoms with van der Waals surface area (Å²) in [5, 5.41) is 10.5. The first-order chi connectivity index (χ1) is 8.73. The Morgan fingerprint density at radius 3 is 2.56 bits per heavy atom. The fourth-order valence-electron chi connectivity index (χ4n) is 3.51. The Labute approximate surface area is 109 Å². The lowest BCUT2D eigenvalue weighted by Crippen LogP contribution is -2.35. The molecule has 0 amide bonds. The highest BCUT2D eigenvalue weighted by Crippen LogP contribution is 2.57. The molecular formula is C16H22O2. The second-order valence-corrected chi connectivity index (χ2v) is 6.01. The minimum atomic E-state index is -0.0756. The summed E-state index contributed by atoms with van der Waals surface area (Å²) >= 11 is 0. The summed E-state index contributed by atoms with van der Waals surface area (Å²) < 4.78 is 5.17. The number of hydrogen-bond acceptors (Lipinski definition) is 2. The van der Waals surface area contributed by atoms with Gasteiger partial charge in [-0.05, 0) is 61.1 Å². The fraction of sp³-hybridized carbons (Fsp3) is 0.625. The second kappa shape index (κ2) is 4.58. The van der Waals surface area contributed by atoms with Gasteiger partial charge in [0, 0.05) is 0 Å². The number of aliphatic hydroxyl groups is 1. The molecule has 2 fully saturated rings. The molecule has 18 heavy (non-hydrogen) atoms. The van der Waals surface area contributed by atoms with Crippen molar-refractivity contribution in [2.75, 3.05) is 7.11 Å². The van der Waals surface area contributed by atoms with Gasteiger partial charge in [0.1, 0.15) is 5.75 Å². The molecule has 98 valence electrons. The average molecular weight is 246 g/mol. The average Bonchev–Trinajstić information content (AvgIpc) is 3.17. The molecule has 2 nitrogen and oxygen atoms in total. The normalized spacial score (nSPS) is 29.2. The summed E-state index contributed by atoms with van der Waals surface area (Å²) in [6.45, 7) is 0. The summed E-state index contributed by atoms with van der Waals surface area (Å²) in [5.74, 6) is 1.36. The molecule has 1 spiro atoms. The Balaban J connectivity index is 1.67. The maximum absolute atomic E-state index is 10.5. The Morgan fingerprint density at radius 2 is 1.94 bits per heavy atom. The van der Waals surface area contributed by atoms with Gasteiger partial charge in [-0.15, -0.1) is 0 Å². The zero-order valence-corrected chi connectivity index (χ0v) is 11.1. The van der Waals surface area contributed by atoms with E-state index in [0.29, 0.717) is 11.3 Å². The lowest BCUT2D eigenvalue weighted by molar-refractivity contribution is 0.00346. The van der Waals surface area contributed by atoms with Crippen LogP contribution in [-0.2, 0) is 6.42 Å². The lowest BCUT2D eigenvalue weighted by Gasteiger charge is -2.35. The maximum atomic E-state index is 10.5. The third-order valence-corrected chi connectivity index (χ3v) is 4.87. The first kappa shape index (κ1) is 12.0. The first-order valence-corrected chi connectivity index (χ1v) is 7.04. The first-order valence-electron chi connectivity index (χ1n) is 7.04. The zero-order valence-electron chi connectivity index (χ0n) is 11.1. The van der Waals surface area contributed by atoms with Gasteiger partial charge in [0.25, 0.3) is 0 Å². The number of hydrogen-bond donors (Lipinski definition) is 1. The van der Waals surface area contributed by atoms with Crippen LogP contribution >= 0.6 is 0 Å². The topological polar surface area (TPSA) is 29.5 Å².